The summed E-state index contributed by atoms with van der Waals surface area (Å²) in [5.74, 6) is 0.132. The number of aryl methyl sites for hydroxylation is 1. The van der Waals surface area contributed by atoms with Crippen LogP contribution in [-0.4, -0.2) is 28.5 Å². The maximum absolute atomic E-state index is 12.4. The van der Waals surface area contributed by atoms with Crippen molar-refractivity contribution in [2.75, 3.05) is 17.2 Å². The van der Waals surface area contributed by atoms with Gasteiger partial charge >= 0.3 is 6.03 Å². The number of aromatic nitrogens is 2. The minimum Gasteiger partial charge on any atom is -0.487 e. The van der Waals surface area contributed by atoms with Crippen molar-refractivity contribution in [3.8, 4) is 5.75 Å². The third-order valence-corrected chi connectivity index (χ3v) is 5.77. The number of anilines is 2. The lowest BCUT2D eigenvalue weighted by molar-refractivity contribution is -0.115. The molecule has 8 nitrogen and oxygen atoms in total. The maximum atomic E-state index is 12.4. The van der Waals surface area contributed by atoms with Crippen molar-refractivity contribution in [2.24, 2.45) is 0 Å². The van der Waals surface area contributed by atoms with Crippen LogP contribution in [0.4, 0.5) is 16.2 Å². The lowest BCUT2D eigenvalue weighted by Gasteiger charge is -2.15. The first-order valence-corrected chi connectivity index (χ1v) is 11.4. The van der Waals surface area contributed by atoms with Crippen LogP contribution in [0.5, 0.6) is 5.75 Å². The highest BCUT2D eigenvalue weighted by Gasteiger charge is 2.15. The van der Waals surface area contributed by atoms with E-state index in [0.29, 0.717) is 27.7 Å². The second kappa shape index (κ2) is 11.0. The Morgan fingerprint density at radius 2 is 1.86 bits per heavy atom. The molecule has 0 aliphatic heterocycles. The lowest BCUT2D eigenvalue weighted by atomic mass is 10.2. The number of rotatable bonds is 7. The van der Waals surface area contributed by atoms with Crippen molar-refractivity contribution in [2.45, 2.75) is 13.5 Å². The number of hydrogen-bond acceptors (Lipinski definition) is 5. The van der Waals surface area contributed by atoms with E-state index in [1.54, 1.807) is 30.5 Å². The zero-order chi connectivity index (χ0) is 24.8. The van der Waals surface area contributed by atoms with E-state index in [1.807, 2.05) is 37.3 Å². The van der Waals surface area contributed by atoms with Crippen LogP contribution in [0.3, 0.4) is 0 Å². The van der Waals surface area contributed by atoms with Crippen molar-refractivity contribution in [3.05, 3.63) is 88.3 Å². The SMILES string of the molecule is Cc1ccc2cccc(OCc3c(Cl)ccc(NC(=O)CNC(=O)Nc4cccnc4)c3Cl)c2n1. The highest BCUT2D eigenvalue weighted by atomic mass is 35.5. The number of ether oxygens (including phenoxy) is 1. The monoisotopic (exact) mass is 509 g/mol. The van der Waals surface area contributed by atoms with Crippen molar-refractivity contribution >= 4 is 57.4 Å². The summed E-state index contributed by atoms with van der Waals surface area (Å²) in [7, 11) is 0. The first-order valence-electron chi connectivity index (χ1n) is 10.6. The fraction of sp³-hybridized carbons (Fsp3) is 0.120. The molecule has 3 amide bonds. The third-order valence-electron chi connectivity index (χ3n) is 4.98. The van der Waals surface area contributed by atoms with Crippen molar-refractivity contribution in [1.82, 2.24) is 15.3 Å². The summed E-state index contributed by atoms with van der Waals surface area (Å²) in [5, 5.41) is 9.32. The fourth-order valence-electron chi connectivity index (χ4n) is 3.28. The number of nitrogens with zero attached hydrogens (tertiary/aromatic N) is 2. The Balaban J connectivity index is 1.40. The van der Waals surface area contributed by atoms with Gasteiger partial charge in [0.2, 0.25) is 5.91 Å². The van der Waals surface area contributed by atoms with Gasteiger partial charge in [0.1, 0.15) is 17.9 Å². The number of carbonyl (C=O) groups excluding carboxylic acids is 2. The van der Waals surface area contributed by atoms with Gasteiger partial charge in [0.15, 0.2) is 0 Å². The molecule has 35 heavy (non-hydrogen) atoms. The molecule has 2 heterocycles. The molecule has 0 atom stereocenters. The number of benzene rings is 2. The van der Waals surface area contributed by atoms with E-state index >= 15 is 0 Å². The molecular weight excluding hydrogens is 489 g/mol. The van der Waals surface area contributed by atoms with Crippen molar-refractivity contribution in [3.63, 3.8) is 0 Å². The summed E-state index contributed by atoms with van der Waals surface area (Å²) in [6.45, 7) is 1.72. The zero-order valence-electron chi connectivity index (χ0n) is 18.6. The predicted octanol–water partition coefficient (Wildman–Crippen LogP) is 5.58. The average molecular weight is 510 g/mol. The van der Waals surface area contributed by atoms with Crippen LogP contribution in [-0.2, 0) is 11.4 Å². The minimum absolute atomic E-state index is 0.0713. The number of urea groups is 1. The van der Waals surface area contributed by atoms with Gasteiger partial charge in [0.05, 0.1) is 29.1 Å². The number of halogens is 2. The summed E-state index contributed by atoms with van der Waals surface area (Å²) < 4.78 is 6.00. The van der Waals surface area contributed by atoms with Gasteiger partial charge in [-0.2, -0.15) is 0 Å². The predicted molar refractivity (Wildman–Crippen MR) is 137 cm³/mol. The minimum atomic E-state index is -0.539. The molecule has 0 saturated carbocycles. The second-order valence-corrected chi connectivity index (χ2v) is 8.34. The van der Waals surface area contributed by atoms with Crippen molar-refractivity contribution < 1.29 is 14.3 Å². The molecule has 0 spiro atoms. The number of pyridine rings is 2. The topological polar surface area (TPSA) is 105 Å². The van der Waals surface area contributed by atoms with Gasteiger partial charge < -0.3 is 20.7 Å². The van der Waals surface area contributed by atoms with E-state index in [-0.39, 0.29) is 18.2 Å². The van der Waals surface area contributed by atoms with E-state index in [0.717, 1.165) is 16.6 Å². The normalized spacial score (nSPS) is 10.6. The average Bonchev–Trinajstić information content (AvgIpc) is 2.85. The van der Waals surface area contributed by atoms with E-state index in [4.69, 9.17) is 27.9 Å². The van der Waals surface area contributed by atoms with Crippen molar-refractivity contribution in [1.29, 1.82) is 0 Å². The van der Waals surface area contributed by atoms with Crippen LogP contribution in [0.25, 0.3) is 10.9 Å². The van der Waals surface area contributed by atoms with Gasteiger partial charge in [0, 0.05) is 27.9 Å². The van der Waals surface area contributed by atoms with Crippen LogP contribution < -0.4 is 20.7 Å². The molecule has 4 aromatic rings. The molecule has 0 fully saturated rings. The van der Waals surface area contributed by atoms with Gasteiger partial charge in [-0.05, 0) is 43.3 Å². The Kier molecular flexibility index (Phi) is 7.64. The molecule has 178 valence electrons. The van der Waals surface area contributed by atoms with E-state index < -0.39 is 11.9 Å². The molecule has 10 heteroatoms. The van der Waals surface area contributed by atoms with Crippen LogP contribution in [0.2, 0.25) is 10.0 Å². The molecule has 4 rings (SSSR count). The van der Waals surface area contributed by atoms with E-state index in [1.165, 1.54) is 6.20 Å². The molecular formula is C25H21Cl2N5O3. The Bertz CT molecular complexity index is 1380. The molecule has 3 N–H and O–H groups in total. The van der Waals surface area contributed by atoms with Gasteiger partial charge in [0.25, 0.3) is 0 Å². The van der Waals surface area contributed by atoms with Gasteiger partial charge in [-0.3, -0.25) is 9.78 Å². The van der Waals surface area contributed by atoms with Gasteiger partial charge in [-0.15, -0.1) is 0 Å². The number of amides is 3. The highest BCUT2D eigenvalue weighted by Crippen LogP contribution is 2.33. The Morgan fingerprint density at radius 1 is 1.00 bits per heavy atom. The molecule has 0 bridgehead atoms. The fourth-order valence-corrected chi connectivity index (χ4v) is 3.80. The number of carbonyl (C=O) groups is 2. The number of hydrogen-bond donors (Lipinski definition) is 3. The maximum Gasteiger partial charge on any atom is 0.319 e. The second-order valence-electron chi connectivity index (χ2n) is 7.55. The van der Waals surface area contributed by atoms with Crippen LogP contribution >= 0.6 is 23.2 Å². The number of para-hydroxylation sites is 1. The van der Waals surface area contributed by atoms with Crippen LogP contribution in [0.1, 0.15) is 11.3 Å². The summed E-state index contributed by atoms with van der Waals surface area (Å²) in [6.07, 6.45) is 3.08. The Hall–Kier alpha value is -3.88. The summed E-state index contributed by atoms with van der Waals surface area (Å²) >= 11 is 12.9. The quantitative estimate of drug-likeness (QED) is 0.301. The van der Waals surface area contributed by atoms with E-state index in [2.05, 4.69) is 25.9 Å². The third kappa shape index (κ3) is 6.17. The van der Waals surface area contributed by atoms with E-state index in [9.17, 15) is 9.59 Å². The molecule has 0 unspecified atom stereocenters. The van der Waals surface area contributed by atoms with Crippen LogP contribution in [0.15, 0.2) is 67.0 Å². The molecule has 0 aliphatic carbocycles. The van der Waals surface area contributed by atoms with Gasteiger partial charge in [-0.25, -0.2) is 9.78 Å². The Labute approximate surface area is 211 Å². The first-order chi connectivity index (χ1) is 16.9. The smallest absolute Gasteiger partial charge is 0.319 e. The molecule has 2 aromatic heterocycles. The van der Waals surface area contributed by atoms with Gasteiger partial charge in [-0.1, -0.05) is 41.4 Å². The largest absolute Gasteiger partial charge is 0.487 e. The molecule has 0 radical (unpaired) electrons. The molecule has 0 saturated heterocycles. The number of nitrogens with one attached hydrogen (secondary N) is 3. The molecule has 2 aromatic carbocycles. The number of fused-ring (bicyclic) bond motifs is 1. The molecule has 0 aliphatic rings. The van der Waals surface area contributed by atoms with Crippen LogP contribution in [0, 0.1) is 6.92 Å². The standard InChI is InChI=1S/C25H21Cl2N5O3/c1-15-7-8-16-4-2-6-21(24(16)30-15)35-14-18-19(26)9-10-20(23(18)27)32-22(33)13-29-25(34)31-17-5-3-11-28-12-17/h2-12H,13-14H2,1H3,(H,32,33)(H2,29,31,34). The highest BCUT2D eigenvalue weighted by molar-refractivity contribution is 6.38. The summed E-state index contributed by atoms with van der Waals surface area (Å²) in [5.41, 5.74) is 2.98. The Morgan fingerprint density at radius 3 is 2.66 bits per heavy atom. The summed E-state index contributed by atoms with van der Waals surface area (Å²) in [4.78, 5) is 32.8. The zero-order valence-corrected chi connectivity index (χ0v) is 20.2. The summed E-state index contributed by atoms with van der Waals surface area (Å²) in [6, 6.07) is 15.6. The first kappa shape index (κ1) is 24.3. The lowest BCUT2D eigenvalue weighted by Crippen LogP contribution is -2.35.